The third-order valence-corrected chi connectivity index (χ3v) is 3.65. The average Bonchev–Trinajstić information content (AvgIpc) is 2.73. The minimum absolute atomic E-state index is 0.122. The van der Waals surface area contributed by atoms with Gasteiger partial charge >= 0.3 is 0 Å². The van der Waals surface area contributed by atoms with E-state index in [1.807, 2.05) is 0 Å². The van der Waals surface area contributed by atoms with Gasteiger partial charge in [-0.05, 0) is 42.3 Å². The maximum Gasteiger partial charge on any atom is 0.227 e. The molecule has 0 saturated heterocycles. The molecular formula is C18H17FN2O3. The van der Waals surface area contributed by atoms with Crippen LogP contribution in [0, 0.1) is 5.82 Å². The zero-order valence-electron chi connectivity index (χ0n) is 13.0. The topological polar surface area (TPSA) is 67.4 Å². The maximum atomic E-state index is 13.1. The van der Waals surface area contributed by atoms with Gasteiger partial charge < -0.3 is 15.4 Å². The highest BCUT2D eigenvalue weighted by Gasteiger charge is 2.14. The van der Waals surface area contributed by atoms with Gasteiger partial charge in [0.2, 0.25) is 11.8 Å². The van der Waals surface area contributed by atoms with Crippen LogP contribution in [0.1, 0.15) is 18.4 Å². The van der Waals surface area contributed by atoms with Gasteiger partial charge in [-0.25, -0.2) is 4.39 Å². The standard InChI is InChI=1S/C18H17FN2O3/c19-13-3-1-2-12(10-13)4-7-17(22)20-14-5-6-16-15(11-14)21-18(23)8-9-24-16/h1-3,5-6,10-11H,4,7-9H2,(H,20,22)(H,21,23). The van der Waals surface area contributed by atoms with Crippen LogP contribution < -0.4 is 15.4 Å². The summed E-state index contributed by atoms with van der Waals surface area (Å²) in [5.74, 6) is -0.0311. The second kappa shape index (κ2) is 7.12. The predicted octanol–water partition coefficient (Wildman–Crippen LogP) is 3.12. The molecule has 0 unspecified atom stereocenters. The molecule has 0 saturated carbocycles. The van der Waals surface area contributed by atoms with Crippen molar-refractivity contribution in [2.75, 3.05) is 17.2 Å². The highest BCUT2D eigenvalue weighted by Crippen LogP contribution is 2.30. The Balaban J connectivity index is 1.61. The number of carbonyl (C=O) groups excluding carboxylic acids is 2. The largest absolute Gasteiger partial charge is 0.491 e. The van der Waals surface area contributed by atoms with Crippen LogP contribution in [-0.4, -0.2) is 18.4 Å². The molecule has 1 heterocycles. The van der Waals surface area contributed by atoms with E-state index in [1.165, 1.54) is 12.1 Å². The van der Waals surface area contributed by atoms with Crippen molar-refractivity contribution in [3.63, 3.8) is 0 Å². The van der Waals surface area contributed by atoms with Crippen LogP contribution >= 0.6 is 0 Å². The summed E-state index contributed by atoms with van der Waals surface area (Å²) in [5, 5.41) is 5.52. The fourth-order valence-electron chi connectivity index (χ4n) is 2.47. The molecule has 0 aliphatic carbocycles. The van der Waals surface area contributed by atoms with Crippen molar-refractivity contribution < 1.29 is 18.7 Å². The van der Waals surface area contributed by atoms with Crippen molar-refractivity contribution in [1.29, 1.82) is 0 Å². The molecule has 3 rings (SSSR count). The third kappa shape index (κ3) is 4.10. The molecule has 1 aliphatic heterocycles. The molecule has 2 aromatic rings. The van der Waals surface area contributed by atoms with Crippen LogP contribution in [0.2, 0.25) is 0 Å². The summed E-state index contributed by atoms with van der Waals surface area (Å²) in [4.78, 5) is 23.6. The van der Waals surface area contributed by atoms with E-state index in [2.05, 4.69) is 10.6 Å². The van der Waals surface area contributed by atoms with Crippen LogP contribution in [0.4, 0.5) is 15.8 Å². The number of carbonyl (C=O) groups is 2. The Hall–Kier alpha value is -2.89. The van der Waals surface area contributed by atoms with E-state index in [1.54, 1.807) is 30.3 Å². The van der Waals surface area contributed by atoms with Crippen molar-refractivity contribution in [3.05, 3.63) is 53.8 Å². The number of ether oxygens (including phenoxy) is 1. The smallest absolute Gasteiger partial charge is 0.227 e. The lowest BCUT2D eigenvalue weighted by Gasteiger charge is -2.10. The SMILES string of the molecule is O=C(CCc1cccc(F)c1)Nc1ccc2c(c1)NC(=O)CCO2. The summed E-state index contributed by atoms with van der Waals surface area (Å²) in [6.07, 6.45) is 0.988. The number of hydrogen-bond acceptors (Lipinski definition) is 3. The zero-order chi connectivity index (χ0) is 16.9. The van der Waals surface area contributed by atoms with E-state index in [4.69, 9.17) is 4.74 Å². The Labute approximate surface area is 138 Å². The van der Waals surface area contributed by atoms with Crippen molar-refractivity contribution in [1.82, 2.24) is 0 Å². The Morgan fingerprint density at radius 1 is 1.25 bits per heavy atom. The molecule has 0 bridgehead atoms. The van der Waals surface area contributed by atoms with Crippen molar-refractivity contribution >= 4 is 23.2 Å². The van der Waals surface area contributed by atoms with E-state index in [-0.39, 0.29) is 24.1 Å². The van der Waals surface area contributed by atoms with E-state index in [0.717, 1.165) is 5.56 Å². The molecule has 5 nitrogen and oxygen atoms in total. The molecule has 2 aromatic carbocycles. The lowest BCUT2D eigenvalue weighted by Crippen LogP contribution is -2.13. The summed E-state index contributed by atoms with van der Waals surface area (Å²) in [6.45, 7) is 0.332. The van der Waals surface area contributed by atoms with Gasteiger partial charge in [-0.15, -0.1) is 0 Å². The number of benzene rings is 2. The maximum absolute atomic E-state index is 13.1. The Morgan fingerprint density at radius 2 is 2.12 bits per heavy atom. The lowest BCUT2D eigenvalue weighted by molar-refractivity contribution is -0.117. The summed E-state index contributed by atoms with van der Waals surface area (Å²) >= 11 is 0. The second-order valence-electron chi connectivity index (χ2n) is 5.54. The van der Waals surface area contributed by atoms with Gasteiger partial charge in [-0.2, -0.15) is 0 Å². The van der Waals surface area contributed by atoms with Gasteiger partial charge in [-0.1, -0.05) is 12.1 Å². The average molecular weight is 328 g/mol. The Bertz CT molecular complexity index is 777. The number of nitrogens with one attached hydrogen (secondary N) is 2. The first-order valence-electron chi connectivity index (χ1n) is 7.71. The summed E-state index contributed by atoms with van der Waals surface area (Å²) in [7, 11) is 0. The normalized spacial score (nSPS) is 13.3. The van der Waals surface area contributed by atoms with Gasteiger partial charge in [0.15, 0.2) is 0 Å². The highest BCUT2D eigenvalue weighted by atomic mass is 19.1. The zero-order valence-corrected chi connectivity index (χ0v) is 13.0. The number of rotatable bonds is 4. The van der Waals surface area contributed by atoms with Gasteiger partial charge in [0.1, 0.15) is 11.6 Å². The van der Waals surface area contributed by atoms with E-state index >= 15 is 0 Å². The summed E-state index contributed by atoms with van der Waals surface area (Å²) < 4.78 is 18.6. The molecule has 0 aromatic heterocycles. The minimum Gasteiger partial charge on any atom is -0.491 e. The van der Waals surface area contributed by atoms with Gasteiger partial charge in [0.25, 0.3) is 0 Å². The molecule has 6 heteroatoms. The van der Waals surface area contributed by atoms with Gasteiger partial charge in [0, 0.05) is 12.1 Å². The summed E-state index contributed by atoms with van der Waals surface area (Å²) in [6, 6.07) is 11.3. The van der Waals surface area contributed by atoms with Crippen molar-refractivity contribution in [2.24, 2.45) is 0 Å². The molecule has 0 atom stereocenters. The number of anilines is 2. The van der Waals surface area contributed by atoms with Gasteiger partial charge in [0.05, 0.1) is 18.7 Å². The number of amides is 2. The van der Waals surface area contributed by atoms with Crippen LogP contribution in [-0.2, 0) is 16.0 Å². The van der Waals surface area contributed by atoms with Crippen molar-refractivity contribution in [2.45, 2.75) is 19.3 Å². The van der Waals surface area contributed by atoms with E-state index < -0.39 is 0 Å². The molecule has 2 N–H and O–H groups in total. The van der Waals surface area contributed by atoms with Crippen LogP contribution in [0.15, 0.2) is 42.5 Å². The first-order chi connectivity index (χ1) is 11.6. The van der Waals surface area contributed by atoms with Gasteiger partial charge in [-0.3, -0.25) is 9.59 Å². The Kier molecular flexibility index (Phi) is 4.74. The molecule has 124 valence electrons. The molecule has 2 amide bonds. The Morgan fingerprint density at radius 3 is 2.96 bits per heavy atom. The quantitative estimate of drug-likeness (QED) is 0.906. The second-order valence-corrected chi connectivity index (χ2v) is 5.54. The molecule has 0 radical (unpaired) electrons. The summed E-state index contributed by atoms with van der Waals surface area (Å²) in [5.41, 5.74) is 1.89. The third-order valence-electron chi connectivity index (χ3n) is 3.65. The number of fused-ring (bicyclic) bond motifs is 1. The molecule has 0 fully saturated rings. The van der Waals surface area contributed by atoms with Crippen LogP contribution in [0.3, 0.4) is 0 Å². The predicted molar refractivity (Wildman–Crippen MR) is 88.5 cm³/mol. The van der Waals surface area contributed by atoms with Crippen LogP contribution in [0.5, 0.6) is 5.75 Å². The van der Waals surface area contributed by atoms with E-state index in [0.29, 0.717) is 36.6 Å². The lowest BCUT2D eigenvalue weighted by atomic mass is 10.1. The minimum atomic E-state index is -0.311. The molecule has 1 aliphatic rings. The molecule has 24 heavy (non-hydrogen) atoms. The molecule has 0 spiro atoms. The van der Waals surface area contributed by atoms with E-state index in [9.17, 15) is 14.0 Å². The highest BCUT2D eigenvalue weighted by molar-refractivity contribution is 5.96. The monoisotopic (exact) mass is 328 g/mol. The van der Waals surface area contributed by atoms with Crippen LogP contribution in [0.25, 0.3) is 0 Å². The number of aryl methyl sites for hydroxylation is 1. The first kappa shape index (κ1) is 16.0. The fraction of sp³-hybridized carbons (Fsp3) is 0.222. The fourth-order valence-corrected chi connectivity index (χ4v) is 2.47. The van der Waals surface area contributed by atoms with Crippen molar-refractivity contribution in [3.8, 4) is 5.75 Å². The number of hydrogen-bond donors (Lipinski definition) is 2. The number of halogens is 1. The first-order valence-corrected chi connectivity index (χ1v) is 7.71. The molecular weight excluding hydrogens is 311 g/mol.